The Morgan fingerprint density at radius 2 is 1.36 bits per heavy atom. The largest absolute Gasteiger partial charge is 0.494 e. The SMILES string of the molecule is CCCCCCOc1ccc2cc(OCCOC)ccc2c1. The number of hydrogen-bond acceptors (Lipinski definition) is 3. The Labute approximate surface area is 133 Å². The van der Waals surface area contributed by atoms with Crippen LogP contribution in [0, 0.1) is 0 Å². The zero-order valence-electron chi connectivity index (χ0n) is 13.6. The number of benzene rings is 2. The van der Waals surface area contributed by atoms with Gasteiger partial charge < -0.3 is 14.2 Å². The maximum atomic E-state index is 5.82. The summed E-state index contributed by atoms with van der Waals surface area (Å²) in [4.78, 5) is 0. The van der Waals surface area contributed by atoms with Gasteiger partial charge in [-0.2, -0.15) is 0 Å². The van der Waals surface area contributed by atoms with E-state index in [2.05, 4.69) is 31.2 Å². The molecule has 3 heteroatoms. The van der Waals surface area contributed by atoms with Gasteiger partial charge in [-0.25, -0.2) is 0 Å². The van der Waals surface area contributed by atoms with E-state index in [1.807, 2.05) is 12.1 Å². The van der Waals surface area contributed by atoms with Crippen LogP contribution in [0.5, 0.6) is 11.5 Å². The molecule has 0 N–H and O–H groups in total. The van der Waals surface area contributed by atoms with Crippen LogP contribution in [0.15, 0.2) is 36.4 Å². The second-order valence-electron chi connectivity index (χ2n) is 5.42. The second-order valence-corrected chi connectivity index (χ2v) is 5.42. The van der Waals surface area contributed by atoms with Crippen molar-refractivity contribution in [1.82, 2.24) is 0 Å². The lowest BCUT2D eigenvalue weighted by Gasteiger charge is -2.09. The van der Waals surface area contributed by atoms with Crippen LogP contribution in [0.4, 0.5) is 0 Å². The number of fused-ring (bicyclic) bond motifs is 1. The molecule has 0 aliphatic rings. The highest BCUT2D eigenvalue weighted by molar-refractivity contribution is 5.85. The summed E-state index contributed by atoms with van der Waals surface area (Å²) >= 11 is 0. The zero-order valence-corrected chi connectivity index (χ0v) is 13.6. The van der Waals surface area contributed by atoms with Gasteiger partial charge in [0.05, 0.1) is 13.2 Å². The van der Waals surface area contributed by atoms with E-state index < -0.39 is 0 Å². The Morgan fingerprint density at radius 1 is 0.727 bits per heavy atom. The summed E-state index contributed by atoms with van der Waals surface area (Å²) in [6.45, 7) is 4.19. The maximum Gasteiger partial charge on any atom is 0.120 e. The van der Waals surface area contributed by atoms with Crippen LogP contribution < -0.4 is 9.47 Å². The summed E-state index contributed by atoms with van der Waals surface area (Å²) in [5.41, 5.74) is 0. The van der Waals surface area contributed by atoms with E-state index >= 15 is 0 Å². The molecule has 0 saturated heterocycles. The van der Waals surface area contributed by atoms with Crippen LogP contribution in [-0.4, -0.2) is 26.9 Å². The topological polar surface area (TPSA) is 27.7 Å². The zero-order chi connectivity index (χ0) is 15.6. The molecule has 0 radical (unpaired) electrons. The predicted octanol–water partition coefficient (Wildman–Crippen LogP) is 4.82. The van der Waals surface area contributed by atoms with E-state index in [4.69, 9.17) is 14.2 Å². The predicted molar refractivity (Wildman–Crippen MR) is 91.0 cm³/mol. The van der Waals surface area contributed by atoms with Gasteiger partial charge in [0.2, 0.25) is 0 Å². The lowest BCUT2D eigenvalue weighted by Crippen LogP contribution is -2.03. The summed E-state index contributed by atoms with van der Waals surface area (Å²) in [5.74, 6) is 1.81. The minimum Gasteiger partial charge on any atom is -0.494 e. The van der Waals surface area contributed by atoms with Crippen molar-refractivity contribution in [3.8, 4) is 11.5 Å². The van der Waals surface area contributed by atoms with Crippen molar-refractivity contribution in [1.29, 1.82) is 0 Å². The first-order valence-corrected chi connectivity index (χ1v) is 8.12. The van der Waals surface area contributed by atoms with Gasteiger partial charge in [0.25, 0.3) is 0 Å². The third-order valence-corrected chi connectivity index (χ3v) is 3.61. The van der Waals surface area contributed by atoms with Crippen molar-refractivity contribution in [3.05, 3.63) is 36.4 Å². The molecule has 2 rings (SSSR count). The summed E-state index contributed by atoms with van der Waals surface area (Å²) in [5, 5.41) is 2.33. The third kappa shape index (κ3) is 5.23. The van der Waals surface area contributed by atoms with Gasteiger partial charge in [-0.3, -0.25) is 0 Å². The molecule has 2 aromatic carbocycles. The van der Waals surface area contributed by atoms with Crippen LogP contribution >= 0.6 is 0 Å². The Hall–Kier alpha value is -1.74. The standard InChI is InChI=1S/C19H26O3/c1-3-4-5-6-11-21-18-9-7-17-15-19(22-13-12-20-2)10-8-16(17)14-18/h7-10,14-15H,3-6,11-13H2,1-2H3. The van der Waals surface area contributed by atoms with Crippen LogP contribution in [0.1, 0.15) is 32.6 Å². The van der Waals surface area contributed by atoms with Gasteiger partial charge in [0.15, 0.2) is 0 Å². The molecule has 2 aromatic rings. The van der Waals surface area contributed by atoms with Crippen molar-refractivity contribution >= 4 is 10.8 Å². The van der Waals surface area contributed by atoms with Crippen molar-refractivity contribution in [2.24, 2.45) is 0 Å². The first kappa shape index (κ1) is 16.6. The van der Waals surface area contributed by atoms with Crippen molar-refractivity contribution in [2.75, 3.05) is 26.9 Å². The fraction of sp³-hybridized carbons (Fsp3) is 0.474. The molecular formula is C19H26O3. The molecule has 3 nitrogen and oxygen atoms in total. The second kappa shape index (κ2) is 9.31. The first-order chi connectivity index (χ1) is 10.8. The molecule has 0 fully saturated rings. The Bertz CT molecular complexity index is 566. The maximum absolute atomic E-state index is 5.82. The quantitative estimate of drug-likeness (QED) is 0.589. The molecule has 0 aliphatic heterocycles. The molecule has 0 atom stereocenters. The average molecular weight is 302 g/mol. The van der Waals surface area contributed by atoms with E-state index in [0.717, 1.165) is 29.9 Å². The van der Waals surface area contributed by atoms with Gasteiger partial charge in [0.1, 0.15) is 18.1 Å². The fourth-order valence-electron chi connectivity index (χ4n) is 2.34. The van der Waals surface area contributed by atoms with Gasteiger partial charge >= 0.3 is 0 Å². The summed E-state index contributed by atoms with van der Waals surface area (Å²) in [6, 6.07) is 12.3. The molecule has 0 unspecified atom stereocenters. The molecule has 0 heterocycles. The minimum absolute atomic E-state index is 0.570. The average Bonchev–Trinajstić information content (AvgIpc) is 2.55. The van der Waals surface area contributed by atoms with Crippen LogP contribution in [0.3, 0.4) is 0 Å². The Kier molecular flexibility index (Phi) is 7.04. The smallest absolute Gasteiger partial charge is 0.120 e. The number of ether oxygens (including phenoxy) is 3. The van der Waals surface area contributed by atoms with Gasteiger partial charge in [-0.05, 0) is 41.5 Å². The highest BCUT2D eigenvalue weighted by Crippen LogP contribution is 2.25. The number of unbranched alkanes of at least 4 members (excludes halogenated alkanes) is 3. The van der Waals surface area contributed by atoms with E-state index in [0.29, 0.717) is 13.2 Å². The lowest BCUT2D eigenvalue weighted by atomic mass is 10.1. The first-order valence-electron chi connectivity index (χ1n) is 8.12. The fourth-order valence-corrected chi connectivity index (χ4v) is 2.34. The monoisotopic (exact) mass is 302 g/mol. The summed E-state index contributed by atoms with van der Waals surface area (Å²) in [6.07, 6.45) is 4.90. The van der Waals surface area contributed by atoms with E-state index in [1.165, 1.54) is 24.6 Å². The molecule has 0 bridgehead atoms. The van der Waals surface area contributed by atoms with Gasteiger partial charge in [-0.15, -0.1) is 0 Å². The Balaban J connectivity index is 1.91. The minimum atomic E-state index is 0.570. The van der Waals surface area contributed by atoms with Crippen LogP contribution in [0.2, 0.25) is 0 Å². The molecule has 0 aromatic heterocycles. The Morgan fingerprint density at radius 3 is 1.95 bits per heavy atom. The molecule has 120 valence electrons. The molecule has 0 saturated carbocycles. The van der Waals surface area contributed by atoms with Gasteiger partial charge in [-0.1, -0.05) is 38.3 Å². The van der Waals surface area contributed by atoms with E-state index in [9.17, 15) is 0 Å². The highest BCUT2D eigenvalue weighted by Gasteiger charge is 2.01. The molecule has 0 spiro atoms. The lowest BCUT2D eigenvalue weighted by molar-refractivity contribution is 0.146. The summed E-state index contributed by atoms with van der Waals surface area (Å²) < 4.78 is 16.4. The highest BCUT2D eigenvalue weighted by atomic mass is 16.5. The summed E-state index contributed by atoms with van der Waals surface area (Å²) in [7, 11) is 1.67. The normalized spacial score (nSPS) is 10.8. The van der Waals surface area contributed by atoms with E-state index in [-0.39, 0.29) is 0 Å². The molecule has 0 aliphatic carbocycles. The van der Waals surface area contributed by atoms with E-state index in [1.54, 1.807) is 7.11 Å². The molecule has 0 amide bonds. The van der Waals surface area contributed by atoms with Crippen molar-refractivity contribution in [3.63, 3.8) is 0 Å². The third-order valence-electron chi connectivity index (χ3n) is 3.61. The van der Waals surface area contributed by atoms with Crippen LogP contribution in [0.25, 0.3) is 10.8 Å². The van der Waals surface area contributed by atoms with Crippen molar-refractivity contribution < 1.29 is 14.2 Å². The number of methoxy groups -OCH3 is 1. The van der Waals surface area contributed by atoms with Crippen LogP contribution in [-0.2, 0) is 4.74 Å². The number of rotatable bonds is 10. The van der Waals surface area contributed by atoms with Gasteiger partial charge in [0, 0.05) is 7.11 Å². The van der Waals surface area contributed by atoms with Crippen molar-refractivity contribution in [2.45, 2.75) is 32.6 Å². The molecular weight excluding hydrogens is 276 g/mol. The molecule has 22 heavy (non-hydrogen) atoms. The number of hydrogen-bond donors (Lipinski definition) is 0.